The molecule has 1 unspecified atom stereocenters. The smallest absolute Gasteiger partial charge is 0.232 e. The third-order valence-corrected chi connectivity index (χ3v) is 4.93. The van der Waals surface area contributed by atoms with Gasteiger partial charge >= 0.3 is 0 Å². The van der Waals surface area contributed by atoms with Gasteiger partial charge in [-0.15, -0.1) is 0 Å². The lowest BCUT2D eigenvalue weighted by Crippen LogP contribution is -2.24. The third kappa shape index (κ3) is 3.22. The summed E-state index contributed by atoms with van der Waals surface area (Å²) >= 11 is 5.92. The molecule has 0 aliphatic carbocycles. The van der Waals surface area contributed by atoms with E-state index in [9.17, 15) is 4.79 Å². The van der Waals surface area contributed by atoms with Crippen LogP contribution in [-0.2, 0) is 11.2 Å². The van der Waals surface area contributed by atoms with E-state index in [0.29, 0.717) is 29.7 Å². The molecule has 26 heavy (non-hydrogen) atoms. The molecule has 1 aliphatic rings. The molecule has 1 fully saturated rings. The van der Waals surface area contributed by atoms with Crippen LogP contribution in [0, 0.1) is 0 Å². The molecule has 2 heterocycles. The Morgan fingerprint density at radius 2 is 1.88 bits per heavy atom. The molecule has 4 rings (SSSR count). The fraction of sp³-hybridized carbons (Fsp3) is 0.250. The Morgan fingerprint density at radius 1 is 1.15 bits per heavy atom. The van der Waals surface area contributed by atoms with Crippen LogP contribution in [-0.4, -0.2) is 22.6 Å². The zero-order chi connectivity index (χ0) is 18.1. The van der Waals surface area contributed by atoms with E-state index < -0.39 is 0 Å². The minimum absolute atomic E-state index is 0.0457. The quantitative estimate of drug-likeness (QED) is 0.682. The molecule has 132 valence electrons. The highest BCUT2D eigenvalue weighted by atomic mass is 35.5. The Hall–Kier alpha value is -2.66. The molecule has 0 radical (unpaired) electrons. The minimum Gasteiger partial charge on any atom is -0.339 e. The zero-order valence-corrected chi connectivity index (χ0v) is 15.1. The summed E-state index contributed by atoms with van der Waals surface area (Å²) in [6.07, 6.45) is 1.35. The molecule has 0 bridgehead atoms. The van der Waals surface area contributed by atoms with E-state index in [2.05, 4.69) is 29.2 Å². The first kappa shape index (κ1) is 16.8. The second kappa shape index (κ2) is 6.92. The van der Waals surface area contributed by atoms with Gasteiger partial charge in [0.2, 0.25) is 17.6 Å². The Bertz CT molecular complexity index is 919. The van der Waals surface area contributed by atoms with E-state index in [1.54, 1.807) is 17.0 Å². The zero-order valence-electron chi connectivity index (χ0n) is 14.4. The van der Waals surface area contributed by atoms with Crippen LogP contribution < -0.4 is 4.90 Å². The molecule has 1 atom stereocenters. The molecule has 1 saturated heterocycles. The lowest BCUT2D eigenvalue weighted by Gasteiger charge is -2.15. The standard InChI is InChI=1S/C20H18ClN3O2/c1-2-13-3-5-14(6-4-13)19-22-20(26-23-19)15-11-18(25)24(12-15)17-9-7-16(21)8-10-17/h3-10,15H,2,11-12H2,1H3. The maximum Gasteiger partial charge on any atom is 0.232 e. The molecule has 0 N–H and O–H groups in total. The van der Waals surface area contributed by atoms with Gasteiger partial charge in [0.15, 0.2) is 0 Å². The van der Waals surface area contributed by atoms with Gasteiger partial charge in [-0.05, 0) is 36.2 Å². The van der Waals surface area contributed by atoms with Crippen molar-refractivity contribution in [2.75, 3.05) is 11.4 Å². The number of hydrogen-bond acceptors (Lipinski definition) is 4. The van der Waals surface area contributed by atoms with E-state index >= 15 is 0 Å². The summed E-state index contributed by atoms with van der Waals surface area (Å²) < 4.78 is 5.45. The number of carbonyl (C=O) groups is 1. The molecular weight excluding hydrogens is 350 g/mol. The molecule has 0 spiro atoms. The summed E-state index contributed by atoms with van der Waals surface area (Å²) in [6.45, 7) is 2.64. The van der Waals surface area contributed by atoms with Crippen LogP contribution in [0.25, 0.3) is 11.4 Å². The number of amides is 1. The number of anilines is 1. The minimum atomic E-state index is -0.102. The van der Waals surface area contributed by atoms with Gasteiger partial charge in [0.1, 0.15) is 0 Å². The first-order chi connectivity index (χ1) is 12.6. The van der Waals surface area contributed by atoms with Crippen LogP contribution in [0.1, 0.15) is 30.7 Å². The second-order valence-electron chi connectivity index (χ2n) is 6.39. The Balaban J connectivity index is 1.52. The van der Waals surface area contributed by atoms with Crippen molar-refractivity contribution >= 4 is 23.2 Å². The summed E-state index contributed by atoms with van der Waals surface area (Å²) in [6, 6.07) is 15.4. The first-order valence-corrected chi connectivity index (χ1v) is 9.00. The van der Waals surface area contributed by atoms with Crippen LogP contribution in [0.15, 0.2) is 53.1 Å². The highest BCUT2D eigenvalue weighted by Gasteiger charge is 2.35. The van der Waals surface area contributed by atoms with Crippen molar-refractivity contribution < 1.29 is 9.32 Å². The molecule has 1 aliphatic heterocycles. The summed E-state index contributed by atoms with van der Waals surface area (Å²) in [7, 11) is 0. The fourth-order valence-corrected chi connectivity index (χ4v) is 3.28. The summed E-state index contributed by atoms with van der Waals surface area (Å²) in [5, 5.41) is 4.73. The van der Waals surface area contributed by atoms with Gasteiger partial charge in [-0.2, -0.15) is 4.98 Å². The van der Waals surface area contributed by atoms with Crippen molar-refractivity contribution in [1.82, 2.24) is 10.1 Å². The van der Waals surface area contributed by atoms with Crippen LogP contribution in [0.3, 0.4) is 0 Å². The largest absolute Gasteiger partial charge is 0.339 e. The monoisotopic (exact) mass is 367 g/mol. The number of rotatable bonds is 4. The molecule has 2 aromatic carbocycles. The van der Waals surface area contributed by atoms with Crippen LogP contribution in [0.2, 0.25) is 5.02 Å². The summed E-state index contributed by atoms with van der Waals surface area (Å²) in [5.41, 5.74) is 3.00. The SMILES string of the molecule is CCc1ccc(-c2noc(C3CC(=O)N(c4ccc(Cl)cc4)C3)n2)cc1. The molecule has 5 nitrogen and oxygen atoms in total. The molecule has 1 aromatic heterocycles. The number of carbonyl (C=O) groups excluding carboxylic acids is 1. The predicted octanol–water partition coefficient (Wildman–Crippen LogP) is 4.47. The molecule has 3 aromatic rings. The van der Waals surface area contributed by atoms with Gasteiger partial charge in [-0.25, -0.2) is 0 Å². The number of aryl methyl sites for hydroxylation is 1. The molecule has 0 saturated carbocycles. The Morgan fingerprint density at radius 3 is 2.58 bits per heavy atom. The van der Waals surface area contributed by atoms with Gasteiger partial charge in [-0.1, -0.05) is 47.9 Å². The van der Waals surface area contributed by atoms with Gasteiger partial charge in [-0.3, -0.25) is 4.79 Å². The van der Waals surface area contributed by atoms with E-state index in [4.69, 9.17) is 16.1 Å². The highest BCUT2D eigenvalue weighted by molar-refractivity contribution is 6.30. The topological polar surface area (TPSA) is 59.2 Å². The normalized spacial score (nSPS) is 17.1. The number of halogens is 1. The summed E-state index contributed by atoms with van der Waals surface area (Å²) in [5.74, 6) is 1.00. The molecular formula is C20H18ClN3O2. The Kier molecular flexibility index (Phi) is 4.47. The van der Waals surface area contributed by atoms with Crippen LogP contribution in [0.5, 0.6) is 0 Å². The number of hydrogen-bond donors (Lipinski definition) is 0. The van der Waals surface area contributed by atoms with Gasteiger partial charge in [0.05, 0.1) is 5.92 Å². The molecule has 1 amide bonds. The van der Waals surface area contributed by atoms with Gasteiger partial charge in [0, 0.05) is 29.2 Å². The van der Waals surface area contributed by atoms with Crippen molar-refractivity contribution in [2.24, 2.45) is 0 Å². The van der Waals surface area contributed by atoms with Gasteiger partial charge < -0.3 is 9.42 Å². The van der Waals surface area contributed by atoms with Crippen molar-refractivity contribution in [2.45, 2.75) is 25.7 Å². The number of nitrogens with zero attached hydrogens (tertiary/aromatic N) is 3. The first-order valence-electron chi connectivity index (χ1n) is 8.63. The van der Waals surface area contributed by atoms with Gasteiger partial charge in [0.25, 0.3) is 0 Å². The Labute approximate surface area is 156 Å². The summed E-state index contributed by atoms with van der Waals surface area (Å²) in [4.78, 5) is 18.6. The number of benzene rings is 2. The van der Waals surface area contributed by atoms with Crippen molar-refractivity contribution in [3.05, 3.63) is 65.0 Å². The maximum atomic E-state index is 12.4. The lowest BCUT2D eigenvalue weighted by molar-refractivity contribution is -0.117. The van der Waals surface area contributed by atoms with Crippen molar-refractivity contribution in [1.29, 1.82) is 0 Å². The van der Waals surface area contributed by atoms with E-state index in [1.165, 1.54) is 5.56 Å². The van der Waals surface area contributed by atoms with E-state index in [-0.39, 0.29) is 11.8 Å². The molecule has 6 heteroatoms. The highest BCUT2D eigenvalue weighted by Crippen LogP contribution is 2.32. The third-order valence-electron chi connectivity index (χ3n) is 4.67. The fourth-order valence-electron chi connectivity index (χ4n) is 3.15. The number of aromatic nitrogens is 2. The average Bonchev–Trinajstić information content (AvgIpc) is 3.29. The second-order valence-corrected chi connectivity index (χ2v) is 6.82. The predicted molar refractivity (Wildman–Crippen MR) is 100 cm³/mol. The van der Waals surface area contributed by atoms with Crippen molar-refractivity contribution in [3.63, 3.8) is 0 Å². The maximum absolute atomic E-state index is 12.4. The van der Waals surface area contributed by atoms with Crippen LogP contribution >= 0.6 is 11.6 Å². The van der Waals surface area contributed by atoms with Crippen molar-refractivity contribution in [3.8, 4) is 11.4 Å². The van der Waals surface area contributed by atoms with E-state index in [1.807, 2.05) is 24.3 Å². The lowest BCUT2D eigenvalue weighted by atomic mass is 10.1. The average molecular weight is 368 g/mol. The van der Waals surface area contributed by atoms with E-state index in [0.717, 1.165) is 17.7 Å². The van der Waals surface area contributed by atoms with Crippen LogP contribution in [0.4, 0.5) is 5.69 Å².